The van der Waals surface area contributed by atoms with Crippen LogP contribution < -0.4 is 10.6 Å². The predicted octanol–water partition coefficient (Wildman–Crippen LogP) is 1.87. The van der Waals surface area contributed by atoms with E-state index in [9.17, 15) is 0 Å². The van der Waals surface area contributed by atoms with Crippen molar-refractivity contribution >= 4 is 0 Å². The van der Waals surface area contributed by atoms with Crippen LogP contribution in [0.4, 0.5) is 0 Å². The molecular weight excluding hydrogens is 184 g/mol. The van der Waals surface area contributed by atoms with E-state index in [1.165, 1.54) is 12.0 Å². The predicted molar refractivity (Wildman–Crippen MR) is 63.9 cm³/mol. The van der Waals surface area contributed by atoms with Crippen LogP contribution in [0.5, 0.6) is 0 Å². The lowest BCUT2D eigenvalue weighted by molar-refractivity contribution is 0.352. The molecule has 1 aliphatic heterocycles. The van der Waals surface area contributed by atoms with Crippen LogP contribution in [0.25, 0.3) is 0 Å². The first kappa shape index (κ1) is 10.7. The fourth-order valence-corrected chi connectivity index (χ4v) is 2.23. The van der Waals surface area contributed by atoms with Gasteiger partial charge in [-0.05, 0) is 32.4 Å². The van der Waals surface area contributed by atoms with E-state index in [-0.39, 0.29) is 5.54 Å². The highest BCUT2D eigenvalue weighted by molar-refractivity contribution is 5.22. The summed E-state index contributed by atoms with van der Waals surface area (Å²) < 4.78 is 0. The van der Waals surface area contributed by atoms with Gasteiger partial charge in [-0.25, -0.2) is 0 Å². The number of hydrogen-bond acceptors (Lipinski definition) is 2. The lowest BCUT2D eigenvalue weighted by Crippen LogP contribution is -2.44. The molecule has 0 amide bonds. The normalized spacial score (nSPS) is 21.9. The third-order valence-electron chi connectivity index (χ3n) is 3.12. The minimum Gasteiger partial charge on any atom is -0.315 e. The molecule has 1 aromatic rings. The smallest absolute Gasteiger partial charge is 0.0380 e. The monoisotopic (exact) mass is 204 g/mol. The van der Waals surface area contributed by atoms with Gasteiger partial charge in [-0.3, -0.25) is 0 Å². The molecule has 2 N–H and O–H groups in total. The van der Waals surface area contributed by atoms with Gasteiger partial charge in [-0.2, -0.15) is 0 Å². The highest BCUT2D eigenvalue weighted by Crippen LogP contribution is 2.21. The Morgan fingerprint density at radius 2 is 2.00 bits per heavy atom. The van der Waals surface area contributed by atoms with Crippen molar-refractivity contribution in [2.45, 2.75) is 31.8 Å². The minimum absolute atomic E-state index is 0.0674. The number of nitrogens with one attached hydrogen (secondary N) is 2. The second-order valence-electron chi connectivity index (χ2n) is 4.83. The summed E-state index contributed by atoms with van der Waals surface area (Å²) in [5, 5.41) is 7.09. The summed E-state index contributed by atoms with van der Waals surface area (Å²) in [6.07, 6.45) is 1.23. The minimum atomic E-state index is 0.0674. The van der Waals surface area contributed by atoms with Crippen molar-refractivity contribution < 1.29 is 0 Å². The van der Waals surface area contributed by atoms with Crippen LogP contribution in [0, 0.1) is 0 Å². The van der Waals surface area contributed by atoms with E-state index in [2.05, 4.69) is 54.8 Å². The van der Waals surface area contributed by atoms with Gasteiger partial charge in [0.1, 0.15) is 0 Å². The molecule has 0 radical (unpaired) electrons. The fourth-order valence-electron chi connectivity index (χ4n) is 2.23. The molecule has 0 aliphatic carbocycles. The number of hydrogen-bond donors (Lipinski definition) is 2. The summed E-state index contributed by atoms with van der Waals surface area (Å²) in [4.78, 5) is 0. The molecule has 1 unspecified atom stereocenters. The molecule has 2 rings (SSSR count). The fraction of sp³-hybridized carbons (Fsp3) is 0.538. The first-order valence-electron chi connectivity index (χ1n) is 5.72. The highest BCUT2D eigenvalue weighted by atomic mass is 15.1. The second kappa shape index (κ2) is 4.33. The summed E-state index contributed by atoms with van der Waals surface area (Å²) in [6.45, 7) is 6.74. The molecule has 2 heteroatoms. The van der Waals surface area contributed by atoms with Crippen molar-refractivity contribution in [3.05, 3.63) is 35.9 Å². The first-order valence-corrected chi connectivity index (χ1v) is 5.72. The van der Waals surface area contributed by atoms with Crippen molar-refractivity contribution in [2.75, 3.05) is 13.1 Å². The maximum Gasteiger partial charge on any atom is 0.0380 e. The molecule has 0 bridgehead atoms. The Kier molecular flexibility index (Phi) is 3.08. The largest absolute Gasteiger partial charge is 0.315 e. The second-order valence-corrected chi connectivity index (χ2v) is 4.83. The lowest BCUT2D eigenvalue weighted by atomic mass is 9.93. The van der Waals surface area contributed by atoms with Gasteiger partial charge in [0, 0.05) is 18.1 Å². The quantitative estimate of drug-likeness (QED) is 0.785. The Balaban J connectivity index is 2.05. The summed E-state index contributed by atoms with van der Waals surface area (Å²) in [5.41, 5.74) is 1.43. The van der Waals surface area contributed by atoms with Crippen molar-refractivity contribution in [2.24, 2.45) is 0 Å². The van der Waals surface area contributed by atoms with Gasteiger partial charge in [0.15, 0.2) is 0 Å². The molecule has 2 nitrogen and oxygen atoms in total. The summed E-state index contributed by atoms with van der Waals surface area (Å²) in [5.74, 6) is 0. The van der Waals surface area contributed by atoms with Crippen LogP contribution in [-0.4, -0.2) is 19.1 Å². The topological polar surface area (TPSA) is 24.1 Å². The van der Waals surface area contributed by atoms with Crippen LogP contribution >= 0.6 is 0 Å². The molecule has 1 saturated heterocycles. The van der Waals surface area contributed by atoms with Gasteiger partial charge in [-0.15, -0.1) is 0 Å². The Labute approximate surface area is 92.1 Å². The Bertz CT molecular complexity index is 300. The Morgan fingerprint density at radius 3 is 2.60 bits per heavy atom. The van der Waals surface area contributed by atoms with Gasteiger partial charge in [0.2, 0.25) is 0 Å². The molecular formula is C13H20N2. The van der Waals surface area contributed by atoms with E-state index in [0.717, 1.165) is 13.1 Å². The first-order chi connectivity index (χ1) is 7.18. The summed E-state index contributed by atoms with van der Waals surface area (Å²) in [7, 11) is 0. The maximum atomic E-state index is 3.71. The molecule has 1 atom stereocenters. The summed E-state index contributed by atoms with van der Waals surface area (Å²) in [6, 6.07) is 11.3. The molecule has 1 heterocycles. The zero-order valence-electron chi connectivity index (χ0n) is 9.59. The Morgan fingerprint density at radius 1 is 1.27 bits per heavy atom. The van der Waals surface area contributed by atoms with Crippen molar-refractivity contribution in [1.82, 2.24) is 10.6 Å². The van der Waals surface area contributed by atoms with Gasteiger partial charge < -0.3 is 10.6 Å². The van der Waals surface area contributed by atoms with Crippen LogP contribution in [0.3, 0.4) is 0 Å². The van der Waals surface area contributed by atoms with E-state index < -0.39 is 0 Å². The Hall–Kier alpha value is -0.860. The average molecular weight is 204 g/mol. The molecule has 1 aliphatic rings. The van der Waals surface area contributed by atoms with Crippen molar-refractivity contribution in [3.63, 3.8) is 0 Å². The third kappa shape index (κ3) is 2.58. The highest BCUT2D eigenvalue weighted by Gasteiger charge is 2.25. The van der Waals surface area contributed by atoms with Crippen LogP contribution in [0.15, 0.2) is 30.3 Å². The average Bonchev–Trinajstić information content (AvgIpc) is 2.71. The third-order valence-corrected chi connectivity index (χ3v) is 3.12. The van der Waals surface area contributed by atoms with E-state index in [4.69, 9.17) is 0 Å². The molecule has 0 spiro atoms. The van der Waals surface area contributed by atoms with E-state index in [1.807, 2.05) is 0 Å². The maximum absolute atomic E-state index is 3.71. The molecule has 1 fully saturated rings. The van der Waals surface area contributed by atoms with Gasteiger partial charge in [0.05, 0.1) is 0 Å². The SMILES string of the molecule is CC(C)(NC1CCNC1)c1ccccc1. The van der Waals surface area contributed by atoms with E-state index in [0.29, 0.717) is 6.04 Å². The van der Waals surface area contributed by atoms with Crippen molar-refractivity contribution in [3.8, 4) is 0 Å². The zero-order chi connectivity index (χ0) is 10.7. The van der Waals surface area contributed by atoms with Crippen molar-refractivity contribution in [1.29, 1.82) is 0 Å². The number of rotatable bonds is 3. The van der Waals surface area contributed by atoms with Gasteiger partial charge >= 0.3 is 0 Å². The van der Waals surface area contributed by atoms with E-state index >= 15 is 0 Å². The molecule has 82 valence electrons. The lowest BCUT2D eigenvalue weighted by Gasteiger charge is -2.30. The van der Waals surface area contributed by atoms with Gasteiger partial charge in [0.25, 0.3) is 0 Å². The van der Waals surface area contributed by atoms with Gasteiger partial charge in [-0.1, -0.05) is 30.3 Å². The standard InChI is InChI=1S/C13H20N2/c1-13(2,11-6-4-3-5-7-11)15-12-8-9-14-10-12/h3-7,12,14-15H,8-10H2,1-2H3. The van der Waals surface area contributed by atoms with Crippen LogP contribution in [0.2, 0.25) is 0 Å². The summed E-state index contributed by atoms with van der Waals surface area (Å²) >= 11 is 0. The molecule has 0 aromatic heterocycles. The number of benzene rings is 1. The van der Waals surface area contributed by atoms with Crippen LogP contribution in [0.1, 0.15) is 25.8 Å². The molecule has 1 aromatic carbocycles. The molecule has 15 heavy (non-hydrogen) atoms. The zero-order valence-corrected chi connectivity index (χ0v) is 9.59. The van der Waals surface area contributed by atoms with Crippen LogP contribution in [-0.2, 0) is 5.54 Å². The molecule has 0 saturated carbocycles. The van der Waals surface area contributed by atoms with E-state index in [1.54, 1.807) is 0 Å².